The maximum atomic E-state index is 12.7. The average molecular weight is 246 g/mol. The van der Waals surface area contributed by atoms with Crippen LogP contribution in [0.4, 0.5) is 4.39 Å². The molecule has 1 heterocycles. The number of halogens is 1. The highest BCUT2D eigenvalue weighted by atomic mass is 19.1. The van der Waals surface area contributed by atoms with Gasteiger partial charge in [-0.25, -0.2) is 14.2 Å². The molecule has 1 aromatic heterocycles. The van der Waals surface area contributed by atoms with Gasteiger partial charge in [0, 0.05) is 18.8 Å². The molecule has 1 aromatic carbocycles. The van der Waals surface area contributed by atoms with Crippen LogP contribution in [0.3, 0.4) is 0 Å². The van der Waals surface area contributed by atoms with Crippen molar-refractivity contribution < 1.29 is 9.18 Å². The molecule has 5 heteroatoms. The molecule has 0 amide bonds. The first-order valence-electron chi connectivity index (χ1n) is 5.43. The largest absolute Gasteiger partial charge is 0.347 e. The van der Waals surface area contributed by atoms with E-state index in [2.05, 4.69) is 4.98 Å². The lowest BCUT2D eigenvalue weighted by Gasteiger charge is -2.03. The lowest BCUT2D eigenvalue weighted by atomic mass is 10.1. The van der Waals surface area contributed by atoms with Crippen LogP contribution in [-0.2, 0) is 17.8 Å². The molecule has 2 aromatic rings. The summed E-state index contributed by atoms with van der Waals surface area (Å²) in [4.78, 5) is 26.6. The van der Waals surface area contributed by atoms with Gasteiger partial charge >= 0.3 is 5.69 Å². The number of carbonyl (C=O) groups is 1. The number of aromatic nitrogens is 2. The van der Waals surface area contributed by atoms with Gasteiger partial charge in [-0.2, -0.15) is 0 Å². The minimum atomic E-state index is -0.454. The van der Waals surface area contributed by atoms with E-state index in [1.54, 1.807) is 18.2 Å². The number of carbonyl (C=O) groups excluding carboxylic acids is 1. The highest BCUT2D eigenvalue weighted by Gasteiger charge is 2.06. The van der Waals surface area contributed by atoms with E-state index in [4.69, 9.17) is 0 Å². The van der Waals surface area contributed by atoms with Gasteiger partial charge in [0.15, 0.2) is 5.78 Å². The first kappa shape index (κ1) is 12.2. The van der Waals surface area contributed by atoms with Crippen LogP contribution in [0, 0.1) is 5.82 Å². The van der Waals surface area contributed by atoms with Crippen LogP contribution in [-0.4, -0.2) is 15.3 Å². The molecule has 0 atom stereocenters. The number of ketones is 1. The molecule has 0 saturated heterocycles. The summed E-state index contributed by atoms with van der Waals surface area (Å²) in [7, 11) is 0. The molecule has 0 N–H and O–H groups in total. The number of hydrogen-bond donors (Lipinski definition) is 0. The van der Waals surface area contributed by atoms with E-state index >= 15 is 0 Å². The van der Waals surface area contributed by atoms with Crippen LogP contribution < -0.4 is 5.69 Å². The van der Waals surface area contributed by atoms with Crippen LogP contribution >= 0.6 is 0 Å². The fourth-order valence-corrected chi connectivity index (χ4v) is 1.58. The van der Waals surface area contributed by atoms with E-state index in [1.807, 2.05) is 0 Å². The predicted octanol–water partition coefficient (Wildman–Crippen LogP) is 1.19. The van der Waals surface area contributed by atoms with Crippen LogP contribution in [0.2, 0.25) is 0 Å². The summed E-state index contributed by atoms with van der Waals surface area (Å²) in [5.41, 5.74) is 0.267. The van der Waals surface area contributed by atoms with Gasteiger partial charge in [0.25, 0.3) is 0 Å². The molecule has 4 nitrogen and oxygen atoms in total. The highest BCUT2D eigenvalue weighted by molar-refractivity contribution is 5.80. The van der Waals surface area contributed by atoms with Gasteiger partial charge < -0.3 is 0 Å². The predicted molar refractivity (Wildman–Crippen MR) is 63.6 cm³/mol. The molecular formula is C13H11FN2O2. The van der Waals surface area contributed by atoms with Crippen molar-refractivity contribution in [2.24, 2.45) is 0 Å². The molecule has 0 radical (unpaired) electrons. The fraction of sp³-hybridized carbons (Fsp3) is 0.154. The van der Waals surface area contributed by atoms with E-state index in [0.717, 1.165) is 5.56 Å². The zero-order valence-corrected chi connectivity index (χ0v) is 9.54. The van der Waals surface area contributed by atoms with Crippen LogP contribution in [0.15, 0.2) is 47.5 Å². The second-order valence-electron chi connectivity index (χ2n) is 3.87. The Morgan fingerprint density at radius 2 is 2.00 bits per heavy atom. The first-order valence-corrected chi connectivity index (χ1v) is 5.43. The van der Waals surface area contributed by atoms with Crippen molar-refractivity contribution in [3.8, 4) is 0 Å². The third kappa shape index (κ3) is 3.10. The summed E-state index contributed by atoms with van der Waals surface area (Å²) >= 11 is 0. The average Bonchev–Trinajstić information content (AvgIpc) is 2.35. The van der Waals surface area contributed by atoms with Crippen molar-refractivity contribution >= 4 is 5.78 Å². The van der Waals surface area contributed by atoms with Gasteiger partial charge in [-0.3, -0.25) is 9.36 Å². The van der Waals surface area contributed by atoms with E-state index in [1.165, 1.54) is 29.1 Å². The zero-order valence-electron chi connectivity index (χ0n) is 9.54. The van der Waals surface area contributed by atoms with E-state index in [0.29, 0.717) is 0 Å². The molecule has 0 aliphatic rings. The van der Waals surface area contributed by atoms with Gasteiger partial charge in [0.1, 0.15) is 5.82 Å². The third-order valence-corrected chi connectivity index (χ3v) is 2.44. The molecule has 2 rings (SSSR count). The van der Waals surface area contributed by atoms with E-state index in [-0.39, 0.29) is 24.6 Å². The monoisotopic (exact) mass is 246 g/mol. The lowest BCUT2D eigenvalue weighted by molar-refractivity contribution is -0.119. The Balaban J connectivity index is 2.03. The molecule has 0 unspecified atom stereocenters. The molecule has 0 fully saturated rings. The van der Waals surface area contributed by atoms with E-state index < -0.39 is 5.69 Å². The van der Waals surface area contributed by atoms with E-state index in [9.17, 15) is 14.0 Å². The lowest BCUT2D eigenvalue weighted by Crippen LogP contribution is -2.26. The molecule has 0 aliphatic carbocycles. The maximum absolute atomic E-state index is 12.7. The molecular weight excluding hydrogens is 235 g/mol. The Morgan fingerprint density at radius 3 is 2.67 bits per heavy atom. The summed E-state index contributed by atoms with van der Waals surface area (Å²) in [6.45, 7) is -0.0238. The number of nitrogens with zero attached hydrogens (tertiary/aromatic N) is 2. The molecule has 0 spiro atoms. The Labute approximate surface area is 103 Å². The minimum Gasteiger partial charge on any atom is -0.297 e. The standard InChI is InChI=1S/C13H11FN2O2/c14-11-4-2-10(3-5-11)8-12(17)9-16-7-1-6-15-13(16)18/h1-7H,8-9H2. The second kappa shape index (κ2) is 5.35. The molecule has 0 bridgehead atoms. The summed E-state index contributed by atoms with van der Waals surface area (Å²) in [6, 6.07) is 7.31. The smallest absolute Gasteiger partial charge is 0.297 e. The Hall–Kier alpha value is -2.30. The first-order chi connectivity index (χ1) is 8.65. The normalized spacial score (nSPS) is 10.3. The Kier molecular flexibility index (Phi) is 3.62. The fourth-order valence-electron chi connectivity index (χ4n) is 1.58. The number of rotatable bonds is 4. The SMILES string of the molecule is O=C(Cc1ccc(F)cc1)Cn1cccnc1=O. The van der Waals surface area contributed by atoms with Gasteiger partial charge in [-0.15, -0.1) is 0 Å². The van der Waals surface area contributed by atoms with Crippen molar-refractivity contribution in [3.63, 3.8) is 0 Å². The molecule has 0 saturated carbocycles. The molecule has 92 valence electrons. The number of Topliss-reactive ketones (excluding diaryl/α,β-unsaturated/α-hetero) is 1. The summed E-state index contributed by atoms with van der Waals surface area (Å²) < 4.78 is 13.9. The quantitative estimate of drug-likeness (QED) is 0.814. The summed E-state index contributed by atoms with van der Waals surface area (Å²) in [6.07, 6.45) is 3.06. The Bertz CT molecular complexity index is 605. The number of benzene rings is 1. The topological polar surface area (TPSA) is 52.0 Å². The second-order valence-corrected chi connectivity index (χ2v) is 3.87. The molecule has 18 heavy (non-hydrogen) atoms. The third-order valence-electron chi connectivity index (χ3n) is 2.44. The van der Waals surface area contributed by atoms with Crippen molar-refractivity contribution in [1.29, 1.82) is 0 Å². The van der Waals surface area contributed by atoms with Crippen molar-refractivity contribution in [2.75, 3.05) is 0 Å². The zero-order chi connectivity index (χ0) is 13.0. The van der Waals surface area contributed by atoms with Crippen molar-refractivity contribution in [3.05, 3.63) is 64.6 Å². The van der Waals surface area contributed by atoms with Gasteiger partial charge in [0.2, 0.25) is 0 Å². The van der Waals surface area contributed by atoms with Crippen molar-refractivity contribution in [1.82, 2.24) is 9.55 Å². The maximum Gasteiger partial charge on any atom is 0.347 e. The number of hydrogen-bond acceptors (Lipinski definition) is 3. The summed E-state index contributed by atoms with van der Waals surface area (Å²) in [5.74, 6) is -0.466. The molecule has 0 aliphatic heterocycles. The minimum absolute atomic E-state index is 0.0238. The highest BCUT2D eigenvalue weighted by Crippen LogP contribution is 2.04. The summed E-state index contributed by atoms with van der Waals surface area (Å²) in [5, 5.41) is 0. The van der Waals surface area contributed by atoms with Gasteiger partial charge in [-0.05, 0) is 23.8 Å². The van der Waals surface area contributed by atoms with Crippen LogP contribution in [0.25, 0.3) is 0 Å². The van der Waals surface area contributed by atoms with Crippen LogP contribution in [0.1, 0.15) is 5.56 Å². The van der Waals surface area contributed by atoms with Crippen molar-refractivity contribution in [2.45, 2.75) is 13.0 Å². The van der Waals surface area contributed by atoms with Crippen LogP contribution in [0.5, 0.6) is 0 Å². The van der Waals surface area contributed by atoms with Gasteiger partial charge in [0.05, 0.1) is 6.54 Å². The van der Waals surface area contributed by atoms with Gasteiger partial charge in [-0.1, -0.05) is 12.1 Å². The Morgan fingerprint density at radius 1 is 1.28 bits per heavy atom.